The molecule has 0 saturated carbocycles. The Morgan fingerprint density at radius 1 is 1.09 bits per heavy atom. The van der Waals surface area contributed by atoms with E-state index >= 15 is 0 Å². The maximum Gasteiger partial charge on any atom is 0.274 e. The van der Waals surface area contributed by atoms with Crippen LogP contribution in [0.3, 0.4) is 0 Å². The van der Waals surface area contributed by atoms with E-state index in [9.17, 15) is 19.7 Å². The number of anilines is 1. The molecule has 1 heterocycles. The van der Waals surface area contributed by atoms with Crippen molar-refractivity contribution in [2.45, 2.75) is 18.8 Å². The SMILES string of the molecule is Cc1c(NC(=O)c2ccc([C@H]3SCC(=O)N3Cc3ccccc3)cc2)cccc1[N+](=O)[O-]. The van der Waals surface area contributed by atoms with Gasteiger partial charge in [-0.1, -0.05) is 48.5 Å². The first-order chi connectivity index (χ1) is 15.4. The highest BCUT2D eigenvalue weighted by atomic mass is 32.2. The average molecular weight is 448 g/mol. The van der Waals surface area contributed by atoms with Crippen LogP contribution in [0.5, 0.6) is 0 Å². The molecule has 32 heavy (non-hydrogen) atoms. The molecule has 0 aliphatic carbocycles. The van der Waals surface area contributed by atoms with Gasteiger partial charge in [-0.15, -0.1) is 11.8 Å². The molecular weight excluding hydrogens is 426 g/mol. The number of hydrogen-bond acceptors (Lipinski definition) is 5. The smallest absolute Gasteiger partial charge is 0.274 e. The van der Waals surface area contributed by atoms with Gasteiger partial charge in [0.25, 0.3) is 11.6 Å². The van der Waals surface area contributed by atoms with E-state index in [2.05, 4.69) is 5.32 Å². The molecule has 3 aromatic rings. The van der Waals surface area contributed by atoms with Gasteiger partial charge in [0, 0.05) is 18.2 Å². The highest BCUT2D eigenvalue weighted by Gasteiger charge is 2.32. The van der Waals surface area contributed by atoms with Crippen molar-refractivity contribution < 1.29 is 14.5 Å². The van der Waals surface area contributed by atoms with E-state index < -0.39 is 4.92 Å². The van der Waals surface area contributed by atoms with E-state index in [1.165, 1.54) is 6.07 Å². The normalized spacial score (nSPS) is 15.6. The summed E-state index contributed by atoms with van der Waals surface area (Å²) in [6, 6.07) is 21.5. The summed E-state index contributed by atoms with van der Waals surface area (Å²) in [5.41, 5.74) is 3.21. The molecule has 0 radical (unpaired) electrons. The molecule has 7 nitrogen and oxygen atoms in total. The second kappa shape index (κ2) is 9.23. The first kappa shape index (κ1) is 21.6. The molecule has 1 aliphatic rings. The Kier molecular flexibility index (Phi) is 6.23. The highest BCUT2D eigenvalue weighted by Crippen LogP contribution is 2.39. The topological polar surface area (TPSA) is 92.6 Å². The second-order valence-electron chi connectivity index (χ2n) is 7.45. The van der Waals surface area contributed by atoms with Crippen molar-refractivity contribution >= 4 is 35.0 Å². The van der Waals surface area contributed by atoms with Crippen LogP contribution < -0.4 is 5.32 Å². The Morgan fingerprint density at radius 2 is 1.81 bits per heavy atom. The maximum absolute atomic E-state index is 12.7. The van der Waals surface area contributed by atoms with Crippen LogP contribution >= 0.6 is 11.8 Å². The minimum atomic E-state index is -0.471. The largest absolute Gasteiger partial charge is 0.322 e. The van der Waals surface area contributed by atoms with Crippen LogP contribution in [0, 0.1) is 17.0 Å². The van der Waals surface area contributed by atoms with Crippen molar-refractivity contribution in [3.8, 4) is 0 Å². The predicted octanol–water partition coefficient (Wildman–Crippen LogP) is 4.93. The van der Waals surface area contributed by atoms with Gasteiger partial charge in [0.05, 0.1) is 21.9 Å². The number of nitro benzene ring substituents is 1. The molecule has 1 N–H and O–H groups in total. The fraction of sp³-hybridized carbons (Fsp3) is 0.167. The average Bonchev–Trinajstić information content (AvgIpc) is 3.16. The molecule has 4 rings (SSSR count). The summed E-state index contributed by atoms with van der Waals surface area (Å²) in [6.07, 6.45) is 0. The number of rotatable bonds is 6. The van der Waals surface area contributed by atoms with Crippen molar-refractivity contribution in [1.82, 2.24) is 4.90 Å². The molecule has 1 atom stereocenters. The first-order valence-electron chi connectivity index (χ1n) is 10.0. The summed E-state index contributed by atoms with van der Waals surface area (Å²) in [4.78, 5) is 37.6. The van der Waals surface area contributed by atoms with Crippen LogP contribution in [0.15, 0.2) is 72.8 Å². The van der Waals surface area contributed by atoms with Crippen LogP contribution in [-0.4, -0.2) is 27.4 Å². The van der Waals surface area contributed by atoms with Crippen LogP contribution in [0.4, 0.5) is 11.4 Å². The Bertz CT molecular complexity index is 1170. The summed E-state index contributed by atoms with van der Waals surface area (Å²) in [6.45, 7) is 2.14. The number of carbonyl (C=O) groups is 2. The third-order valence-electron chi connectivity index (χ3n) is 5.37. The number of benzene rings is 3. The monoisotopic (exact) mass is 447 g/mol. The minimum Gasteiger partial charge on any atom is -0.322 e. The molecule has 0 bridgehead atoms. The standard InChI is InChI=1S/C24H21N3O4S/c1-16-20(8-5-9-21(16)27(30)31)25-23(29)18-10-12-19(13-11-18)24-26(22(28)15-32-24)14-17-6-3-2-4-7-17/h2-13,24H,14-15H2,1H3,(H,25,29)/t24-/m1/s1. The Hall–Kier alpha value is -3.65. The molecular formula is C24H21N3O4S. The molecule has 8 heteroatoms. The van der Waals surface area contributed by atoms with Crippen molar-refractivity contribution in [3.05, 3.63) is 105 Å². The van der Waals surface area contributed by atoms with Crippen molar-refractivity contribution in [1.29, 1.82) is 0 Å². The van der Waals surface area contributed by atoms with Gasteiger partial charge in [-0.05, 0) is 36.2 Å². The number of amides is 2. The lowest BCUT2D eigenvalue weighted by Gasteiger charge is -2.24. The summed E-state index contributed by atoms with van der Waals surface area (Å²) in [7, 11) is 0. The van der Waals surface area contributed by atoms with Gasteiger partial charge in [0.2, 0.25) is 5.91 Å². The van der Waals surface area contributed by atoms with Crippen LogP contribution in [0.1, 0.15) is 32.4 Å². The third kappa shape index (κ3) is 4.50. The Labute approximate surface area is 189 Å². The minimum absolute atomic E-state index is 0.0421. The number of hydrogen-bond donors (Lipinski definition) is 1. The van der Waals surface area contributed by atoms with Gasteiger partial charge in [0.15, 0.2) is 0 Å². The molecule has 0 unspecified atom stereocenters. The lowest BCUT2D eigenvalue weighted by atomic mass is 10.1. The molecule has 2 amide bonds. The fourth-order valence-corrected chi connectivity index (χ4v) is 4.82. The Morgan fingerprint density at radius 3 is 2.50 bits per heavy atom. The third-order valence-corrected chi connectivity index (χ3v) is 6.63. The summed E-state index contributed by atoms with van der Waals surface area (Å²) >= 11 is 1.57. The number of nitro groups is 1. The zero-order valence-corrected chi connectivity index (χ0v) is 18.2. The van der Waals surface area contributed by atoms with E-state index in [-0.39, 0.29) is 22.9 Å². The van der Waals surface area contributed by atoms with Crippen molar-refractivity contribution in [2.24, 2.45) is 0 Å². The second-order valence-corrected chi connectivity index (χ2v) is 8.52. The van der Waals surface area contributed by atoms with Crippen LogP contribution in [-0.2, 0) is 11.3 Å². The van der Waals surface area contributed by atoms with E-state index in [1.54, 1.807) is 43.0 Å². The van der Waals surface area contributed by atoms with Gasteiger partial charge in [-0.2, -0.15) is 0 Å². The maximum atomic E-state index is 12.7. The van der Waals surface area contributed by atoms with Gasteiger partial charge in [-0.25, -0.2) is 0 Å². The molecule has 0 spiro atoms. The van der Waals surface area contributed by atoms with E-state index in [0.717, 1.165) is 11.1 Å². The van der Waals surface area contributed by atoms with E-state index in [4.69, 9.17) is 0 Å². The molecule has 162 valence electrons. The Balaban J connectivity index is 1.49. The predicted molar refractivity (Wildman–Crippen MR) is 124 cm³/mol. The first-order valence-corrected chi connectivity index (χ1v) is 11.1. The summed E-state index contributed by atoms with van der Waals surface area (Å²) in [5, 5.41) is 13.8. The molecule has 1 aliphatic heterocycles. The fourth-order valence-electron chi connectivity index (χ4n) is 3.63. The molecule has 0 aromatic heterocycles. The van der Waals surface area contributed by atoms with Crippen LogP contribution in [0.25, 0.3) is 0 Å². The van der Waals surface area contributed by atoms with Gasteiger partial charge < -0.3 is 10.2 Å². The number of carbonyl (C=O) groups excluding carboxylic acids is 2. The lowest BCUT2D eigenvalue weighted by molar-refractivity contribution is -0.385. The number of nitrogens with one attached hydrogen (secondary N) is 1. The van der Waals surface area contributed by atoms with Crippen molar-refractivity contribution in [3.63, 3.8) is 0 Å². The highest BCUT2D eigenvalue weighted by molar-refractivity contribution is 8.00. The zero-order valence-electron chi connectivity index (χ0n) is 17.4. The quantitative estimate of drug-likeness (QED) is 0.427. The van der Waals surface area contributed by atoms with Gasteiger partial charge >= 0.3 is 0 Å². The summed E-state index contributed by atoms with van der Waals surface area (Å²) in [5.74, 6) is 0.162. The number of thioether (sulfide) groups is 1. The number of nitrogens with zero attached hydrogens (tertiary/aromatic N) is 2. The van der Waals surface area contributed by atoms with Gasteiger partial charge in [0.1, 0.15) is 5.37 Å². The zero-order chi connectivity index (χ0) is 22.7. The van der Waals surface area contributed by atoms with E-state index in [1.807, 2.05) is 47.4 Å². The molecule has 1 saturated heterocycles. The summed E-state index contributed by atoms with van der Waals surface area (Å²) < 4.78 is 0. The van der Waals surface area contributed by atoms with E-state index in [0.29, 0.717) is 29.1 Å². The molecule has 1 fully saturated rings. The van der Waals surface area contributed by atoms with Crippen LogP contribution in [0.2, 0.25) is 0 Å². The van der Waals surface area contributed by atoms with Gasteiger partial charge in [-0.3, -0.25) is 19.7 Å². The lowest BCUT2D eigenvalue weighted by Crippen LogP contribution is -2.27. The molecule has 3 aromatic carbocycles. The van der Waals surface area contributed by atoms with Crippen molar-refractivity contribution in [2.75, 3.05) is 11.1 Å².